The molecule has 0 saturated carbocycles. The smallest absolute Gasteiger partial charge is 0.165 e. The summed E-state index contributed by atoms with van der Waals surface area (Å²) in [5.41, 5.74) is 0.754. The highest BCUT2D eigenvalue weighted by atomic mass is 79.9. The minimum absolute atomic E-state index is 0.236. The molecule has 2 rings (SSSR count). The SMILES string of the molecule is COc1ccc(COc2ccccc2Br)cc1F. The van der Waals surface area contributed by atoms with E-state index in [2.05, 4.69) is 15.9 Å². The molecule has 0 amide bonds. The third-order valence-electron chi connectivity index (χ3n) is 2.45. The number of ether oxygens (including phenoxy) is 2. The predicted molar refractivity (Wildman–Crippen MR) is 71.4 cm³/mol. The Morgan fingerprint density at radius 3 is 2.56 bits per heavy atom. The van der Waals surface area contributed by atoms with Crippen LogP contribution in [0.1, 0.15) is 5.56 Å². The molecular weight excluding hydrogens is 299 g/mol. The van der Waals surface area contributed by atoms with Crippen LogP contribution in [0.2, 0.25) is 0 Å². The van der Waals surface area contributed by atoms with Gasteiger partial charge in [-0.15, -0.1) is 0 Å². The maximum Gasteiger partial charge on any atom is 0.165 e. The quantitative estimate of drug-likeness (QED) is 0.843. The highest BCUT2D eigenvalue weighted by Crippen LogP contribution is 2.25. The highest BCUT2D eigenvalue weighted by molar-refractivity contribution is 9.10. The van der Waals surface area contributed by atoms with Crippen molar-refractivity contribution in [1.82, 2.24) is 0 Å². The highest BCUT2D eigenvalue weighted by Gasteiger charge is 2.05. The zero-order valence-corrected chi connectivity index (χ0v) is 11.4. The van der Waals surface area contributed by atoms with Gasteiger partial charge in [-0.2, -0.15) is 0 Å². The van der Waals surface area contributed by atoms with Crippen molar-refractivity contribution in [2.24, 2.45) is 0 Å². The van der Waals surface area contributed by atoms with Crippen LogP contribution in [-0.2, 0) is 6.61 Å². The maximum atomic E-state index is 13.5. The normalized spacial score (nSPS) is 10.2. The van der Waals surface area contributed by atoms with E-state index in [1.54, 1.807) is 12.1 Å². The lowest BCUT2D eigenvalue weighted by Gasteiger charge is -2.09. The lowest BCUT2D eigenvalue weighted by atomic mass is 10.2. The standard InChI is InChI=1S/C14H12BrFO2/c1-17-14-7-6-10(8-12(14)16)9-18-13-5-3-2-4-11(13)15/h2-8H,9H2,1H3. The summed E-state index contributed by atoms with van der Waals surface area (Å²) in [6.45, 7) is 0.309. The molecule has 18 heavy (non-hydrogen) atoms. The second kappa shape index (κ2) is 5.87. The van der Waals surface area contributed by atoms with Crippen molar-refractivity contribution >= 4 is 15.9 Å². The third kappa shape index (κ3) is 3.01. The molecular formula is C14H12BrFO2. The first kappa shape index (κ1) is 12.9. The van der Waals surface area contributed by atoms with Crippen molar-refractivity contribution in [3.05, 3.63) is 58.3 Å². The average Bonchev–Trinajstić information content (AvgIpc) is 2.38. The van der Waals surface area contributed by atoms with Gasteiger partial charge in [0.2, 0.25) is 0 Å². The van der Waals surface area contributed by atoms with Crippen molar-refractivity contribution in [3.8, 4) is 11.5 Å². The number of benzene rings is 2. The Morgan fingerprint density at radius 1 is 1.11 bits per heavy atom. The van der Waals surface area contributed by atoms with Gasteiger partial charge in [-0.3, -0.25) is 0 Å². The molecule has 0 fully saturated rings. The van der Waals surface area contributed by atoms with Crippen LogP contribution in [0.5, 0.6) is 11.5 Å². The van der Waals surface area contributed by atoms with Crippen LogP contribution in [-0.4, -0.2) is 7.11 Å². The van der Waals surface area contributed by atoms with Gasteiger partial charge >= 0.3 is 0 Å². The number of hydrogen-bond donors (Lipinski definition) is 0. The van der Waals surface area contributed by atoms with E-state index in [0.29, 0.717) is 6.61 Å². The molecule has 0 heterocycles. The van der Waals surface area contributed by atoms with Crippen molar-refractivity contribution in [2.45, 2.75) is 6.61 Å². The Hall–Kier alpha value is -1.55. The van der Waals surface area contributed by atoms with Crippen LogP contribution < -0.4 is 9.47 Å². The van der Waals surface area contributed by atoms with Crippen molar-refractivity contribution in [2.75, 3.05) is 7.11 Å². The van der Waals surface area contributed by atoms with Crippen LogP contribution in [0.25, 0.3) is 0 Å². The Labute approximate surface area is 113 Å². The topological polar surface area (TPSA) is 18.5 Å². The summed E-state index contributed by atoms with van der Waals surface area (Å²) in [5.74, 6) is 0.582. The van der Waals surface area contributed by atoms with E-state index in [0.717, 1.165) is 15.8 Å². The summed E-state index contributed by atoms with van der Waals surface area (Å²) in [4.78, 5) is 0. The average molecular weight is 311 g/mol. The van der Waals surface area contributed by atoms with Gasteiger partial charge in [0, 0.05) is 0 Å². The first-order valence-corrected chi connectivity index (χ1v) is 6.20. The molecule has 0 radical (unpaired) electrons. The summed E-state index contributed by atoms with van der Waals surface area (Å²) in [6.07, 6.45) is 0. The summed E-state index contributed by atoms with van der Waals surface area (Å²) in [6, 6.07) is 12.3. The van der Waals surface area contributed by atoms with E-state index in [9.17, 15) is 4.39 Å². The summed E-state index contributed by atoms with van der Waals surface area (Å²) in [5, 5.41) is 0. The zero-order valence-electron chi connectivity index (χ0n) is 9.82. The molecule has 2 nitrogen and oxygen atoms in total. The van der Waals surface area contributed by atoms with Crippen LogP contribution >= 0.6 is 15.9 Å². The first-order valence-electron chi connectivity index (χ1n) is 5.40. The fourth-order valence-corrected chi connectivity index (χ4v) is 1.92. The zero-order chi connectivity index (χ0) is 13.0. The van der Waals surface area contributed by atoms with Gasteiger partial charge in [-0.1, -0.05) is 18.2 Å². The lowest BCUT2D eigenvalue weighted by molar-refractivity contribution is 0.303. The van der Waals surface area contributed by atoms with E-state index < -0.39 is 0 Å². The third-order valence-corrected chi connectivity index (χ3v) is 3.10. The Morgan fingerprint density at radius 2 is 1.89 bits per heavy atom. The maximum absolute atomic E-state index is 13.5. The van der Waals surface area contributed by atoms with E-state index >= 15 is 0 Å². The van der Waals surface area contributed by atoms with Gasteiger partial charge in [0.1, 0.15) is 12.4 Å². The molecule has 0 N–H and O–H groups in total. The Balaban J connectivity index is 2.07. The molecule has 0 aromatic heterocycles. The number of halogens is 2. The molecule has 0 aliphatic carbocycles. The second-order valence-corrected chi connectivity index (χ2v) is 4.54. The van der Waals surface area contributed by atoms with E-state index in [1.165, 1.54) is 13.2 Å². The summed E-state index contributed by atoms with van der Waals surface area (Å²) in [7, 11) is 1.44. The van der Waals surface area contributed by atoms with Crippen molar-refractivity contribution < 1.29 is 13.9 Å². The predicted octanol–water partition coefficient (Wildman–Crippen LogP) is 4.18. The number of rotatable bonds is 4. The van der Waals surface area contributed by atoms with E-state index in [4.69, 9.17) is 9.47 Å². The number of hydrogen-bond acceptors (Lipinski definition) is 2. The minimum atomic E-state index is -0.384. The van der Waals surface area contributed by atoms with Crippen LogP contribution in [0.3, 0.4) is 0 Å². The number of methoxy groups -OCH3 is 1. The molecule has 2 aromatic rings. The van der Waals surface area contributed by atoms with Gasteiger partial charge in [0.15, 0.2) is 11.6 Å². The minimum Gasteiger partial charge on any atom is -0.494 e. The molecule has 0 bridgehead atoms. The van der Waals surface area contributed by atoms with Gasteiger partial charge in [0.25, 0.3) is 0 Å². The summed E-state index contributed by atoms with van der Waals surface area (Å²) < 4.78 is 24.8. The van der Waals surface area contributed by atoms with Gasteiger partial charge in [-0.25, -0.2) is 4.39 Å². The summed E-state index contributed by atoms with van der Waals surface area (Å²) >= 11 is 3.39. The van der Waals surface area contributed by atoms with Gasteiger partial charge in [-0.05, 0) is 45.8 Å². The fourth-order valence-electron chi connectivity index (χ4n) is 1.52. The molecule has 0 saturated heterocycles. The lowest BCUT2D eigenvalue weighted by Crippen LogP contribution is -1.97. The molecule has 94 valence electrons. The largest absolute Gasteiger partial charge is 0.494 e. The van der Waals surface area contributed by atoms with Crippen LogP contribution in [0.4, 0.5) is 4.39 Å². The van der Waals surface area contributed by atoms with Crippen LogP contribution in [0, 0.1) is 5.82 Å². The van der Waals surface area contributed by atoms with Crippen molar-refractivity contribution in [3.63, 3.8) is 0 Å². The van der Waals surface area contributed by atoms with Crippen LogP contribution in [0.15, 0.2) is 46.9 Å². The Bertz CT molecular complexity index is 543. The molecule has 0 aliphatic rings. The Kier molecular flexibility index (Phi) is 4.20. The number of para-hydroxylation sites is 1. The fraction of sp³-hybridized carbons (Fsp3) is 0.143. The molecule has 0 atom stereocenters. The molecule has 2 aromatic carbocycles. The molecule has 4 heteroatoms. The molecule has 0 spiro atoms. The van der Waals surface area contributed by atoms with Gasteiger partial charge < -0.3 is 9.47 Å². The van der Waals surface area contributed by atoms with Gasteiger partial charge in [0.05, 0.1) is 11.6 Å². The van der Waals surface area contributed by atoms with Crippen molar-refractivity contribution in [1.29, 1.82) is 0 Å². The first-order chi connectivity index (χ1) is 8.70. The second-order valence-electron chi connectivity index (χ2n) is 3.69. The molecule has 0 unspecified atom stereocenters. The monoisotopic (exact) mass is 310 g/mol. The van der Waals surface area contributed by atoms with E-state index in [-0.39, 0.29) is 11.6 Å². The van der Waals surface area contributed by atoms with E-state index in [1.807, 2.05) is 24.3 Å². The molecule has 0 aliphatic heterocycles.